The molecule has 0 saturated carbocycles. The molecule has 0 amide bonds. The first-order valence-electron chi connectivity index (χ1n) is 4.83. The number of hydrogen-bond donors (Lipinski definition) is 2. The summed E-state index contributed by atoms with van der Waals surface area (Å²) >= 11 is 3.31. The maximum Gasteiger partial charge on any atom is 0.232 e. The zero-order valence-electron chi connectivity index (χ0n) is 8.86. The van der Waals surface area contributed by atoms with Crippen LogP contribution in [0.4, 0.5) is 5.95 Å². The molecule has 5 nitrogen and oxygen atoms in total. The largest absolute Gasteiger partial charge is 0.480 e. The van der Waals surface area contributed by atoms with E-state index in [4.69, 9.17) is 4.74 Å². The molecule has 0 bridgehead atoms. The Kier molecular flexibility index (Phi) is 5.24. The summed E-state index contributed by atoms with van der Waals surface area (Å²) in [5.74, 6) is 1.17. The third-order valence-corrected chi connectivity index (χ3v) is 2.84. The van der Waals surface area contributed by atoms with Crippen molar-refractivity contribution < 1.29 is 4.74 Å². The highest BCUT2D eigenvalue weighted by Gasteiger charge is 2.15. The Balaban J connectivity index is 0.00000128. The van der Waals surface area contributed by atoms with Crippen molar-refractivity contribution in [2.45, 2.75) is 12.5 Å². The van der Waals surface area contributed by atoms with E-state index in [-0.39, 0.29) is 12.4 Å². The van der Waals surface area contributed by atoms with E-state index in [1.54, 1.807) is 13.3 Å². The summed E-state index contributed by atoms with van der Waals surface area (Å²) in [5, 5.41) is 6.53. The van der Waals surface area contributed by atoms with E-state index in [0.717, 1.165) is 24.0 Å². The van der Waals surface area contributed by atoms with Crippen LogP contribution in [-0.4, -0.2) is 36.2 Å². The molecule has 16 heavy (non-hydrogen) atoms. The number of halogens is 2. The molecule has 1 fully saturated rings. The van der Waals surface area contributed by atoms with Crippen molar-refractivity contribution in [3.8, 4) is 5.88 Å². The fourth-order valence-corrected chi connectivity index (χ4v) is 1.88. The van der Waals surface area contributed by atoms with Gasteiger partial charge in [-0.15, -0.1) is 12.4 Å². The predicted octanol–water partition coefficient (Wildman–Crippen LogP) is 1.44. The summed E-state index contributed by atoms with van der Waals surface area (Å²) < 4.78 is 5.86. The van der Waals surface area contributed by atoms with E-state index in [1.165, 1.54) is 0 Å². The van der Waals surface area contributed by atoms with Crippen LogP contribution >= 0.6 is 28.3 Å². The molecule has 1 saturated heterocycles. The Morgan fingerprint density at radius 2 is 2.44 bits per heavy atom. The van der Waals surface area contributed by atoms with Gasteiger partial charge in [0, 0.05) is 12.6 Å². The fourth-order valence-electron chi connectivity index (χ4n) is 1.52. The lowest BCUT2D eigenvalue weighted by molar-refractivity contribution is 0.394. The van der Waals surface area contributed by atoms with Crippen LogP contribution in [0.2, 0.25) is 0 Å². The number of aromatic nitrogens is 2. The highest BCUT2D eigenvalue weighted by atomic mass is 79.9. The summed E-state index contributed by atoms with van der Waals surface area (Å²) in [5.41, 5.74) is 0. The summed E-state index contributed by atoms with van der Waals surface area (Å²) in [4.78, 5) is 8.41. The van der Waals surface area contributed by atoms with Gasteiger partial charge in [-0.1, -0.05) is 0 Å². The van der Waals surface area contributed by atoms with Crippen LogP contribution in [0.5, 0.6) is 5.88 Å². The van der Waals surface area contributed by atoms with E-state index in [2.05, 4.69) is 36.5 Å². The topological polar surface area (TPSA) is 59.1 Å². The molecule has 1 aliphatic heterocycles. The number of nitrogens with one attached hydrogen (secondary N) is 2. The molecule has 0 aliphatic carbocycles. The zero-order chi connectivity index (χ0) is 10.7. The second kappa shape index (κ2) is 6.22. The summed E-state index contributed by atoms with van der Waals surface area (Å²) in [6, 6.07) is 0.413. The van der Waals surface area contributed by atoms with Gasteiger partial charge in [0.25, 0.3) is 0 Å². The van der Waals surface area contributed by atoms with Crippen LogP contribution in [0.3, 0.4) is 0 Å². The number of methoxy groups -OCH3 is 1. The summed E-state index contributed by atoms with van der Waals surface area (Å²) in [6.07, 6.45) is 2.79. The molecule has 1 aromatic heterocycles. The van der Waals surface area contributed by atoms with Gasteiger partial charge in [-0.2, -0.15) is 4.98 Å². The van der Waals surface area contributed by atoms with Gasteiger partial charge in [0.1, 0.15) is 0 Å². The van der Waals surface area contributed by atoms with Crippen LogP contribution in [0, 0.1) is 0 Å². The monoisotopic (exact) mass is 308 g/mol. The maximum absolute atomic E-state index is 5.10. The quantitative estimate of drug-likeness (QED) is 0.885. The van der Waals surface area contributed by atoms with Crippen LogP contribution in [0.25, 0.3) is 0 Å². The average molecular weight is 310 g/mol. The standard InChI is InChI=1S/C9H13BrN4O.ClH/c1-15-8-7(10)5-12-9(14-8)13-6-2-3-11-4-6;/h5-6,11H,2-4H2,1H3,(H,12,13,14);1H. The number of nitrogens with zero attached hydrogens (tertiary/aromatic N) is 2. The minimum Gasteiger partial charge on any atom is -0.480 e. The van der Waals surface area contributed by atoms with Crippen molar-refractivity contribution in [1.29, 1.82) is 0 Å². The number of hydrogen-bond acceptors (Lipinski definition) is 5. The van der Waals surface area contributed by atoms with Gasteiger partial charge in [-0.25, -0.2) is 4.98 Å². The third-order valence-electron chi connectivity index (χ3n) is 2.30. The second-order valence-electron chi connectivity index (χ2n) is 3.38. The van der Waals surface area contributed by atoms with Crippen LogP contribution in [-0.2, 0) is 0 Å². The van der Waals surface area contributed by atoms with E-state index in [0.29, 0.717) is 17.9 Å². The molecule has 90 valence electrons. The Morgan fingerprint density at radius 1 is 1.62 bits per heavy atom. The lowest BCUT2D eigenvalue weighted by atomic mass is 10.3. The average Bonchev–Trinajstić information content (AvgIpc) is 2.73. The van der Waals surface area contributed by atoms with Crippen LogP contribution < -0.4 is 15.4 Å². The zero-order valence-corrected chi connectivity index (χ0v) is 11.3. The van der Waals surface area contributed by atoms with E-state index >= 15 is 0 Å². The van der Waals surface area contributed by atoms with Crippen molar-refractivity contribution in [3.05, 3.63) is 10.7 Å². The summed E-state index contributed by atoms with van der Waals surface area (Å²) in [6.45, 7) is 2.01. The molecule has 0 radical (unpaired) electrons. The number of anilines is 1. The normalized spacial score (nSPS) is 19.0. The molecule has 2 N–H and O–H groups in total. The minimum absolute atomic E-state index is 0. The fraction of sp³-hybridized carbons (Fsp3) is 0.556. The van der Waals surface area contributed by atoms with Gasteiger partial charge in [0.2, 0.25) is 11.8 Å². The van der Waals surface area contributed by atoms with Crippen LogP contribution in [0.15, 0.2) is 10.7 Å². The second-order valence-corrected chi connectivity index (χ2v) is 4.24. The van der Waals surface area contributed by atoms with Crippen molar-refractivity contribution in [3.63, 3.8) is 0 Å². The Labute approximate surface area is 109 Å². The molecule has 0 spiro atoms. The summed E-state index contributed by atoms with van der Waals surface area (Å²) in [7, 11) is 1.59. The van der Waals surface area contributed by atoms with Gasteiger partial charge in [-0.05, 0) is 28.9 Å². The van der Waals surface area contributed by atoms with E-state index < -0.39 is 0 Å². The van der Waals surface area contributed by atoms with Gasteiger partial charge in [0.05, 0.1) is 17.8 Å². The Morgan fingerprint density at radius 3 is 3.06 bits per heavy atom. The van der Waals surface area contributed by atoms with Crippen molar-refractivity contribution in [2.24, 2.45) is 0 Å². The van der Waals surface area contributed by atoms with E-state index in [1.807, 2.05) is 0 Å². The van der Waals surface area contributed by atoms with Crippen molar-refractivity contribution >= 4 is 34.3 Å². The highest BCUT2D eigenvalue weighted by molar-refractivity contribution is 9.10. The molecule has 1 atom stereocenters. The first-order valence-corrected chi connectivity index (χ1v) is 5.62. The van der Waals surface area contributed by atoms with Gasteiger partial charge in [-0.3, -0.25) is 0 Å². The molecule has 2 rings (SSSR count). The lowest BCUT2D eigenvalue weighted by Crippen LogP contribution is -2.23. The van der Waals surface area contributed by atoms with Crippen molar-refractivity contribution in [1.82, 2.24) is 15.3 Å². The third kappa shape index (κ3) is 3.20. The van der Waals surface area contributed by atoms with E-state index in [9.17, 15) is 0 Å². The van der Waals surface area contributed by atoms with Gasteiger partial charge in [0.15, 0.2) is 0 Å². The van der Waals surface area contributed by atoms with Gasteiger partial charge < -0.3 is 15.4 Å². The lowest BCUT2D eigenvalue weighted by Gasteiger charge is -2.11. The van der Waals surface area contributed by atoms with Gasteiger partial charge >= 0.3 is 0 Å². The predicted molar refractivity (Wildman–Crippen MR) is 68.4 cm³/mol. The molecular weight excluding hydrogens is 295 g/mol. The molecule has 1 aliphatic rings. The van der Waals surface area contributed by atoms with Crippen LogP contribution in [0.1, 0.15) is 6.42 Å². The number of ether oxygens (including phenoxy) is 1. The molecular formula is C9H14BrClN4O. The smallest absolute Gasteiger partial charge is 0.232 e. The molecule has 7 heteroatoms. The highest BCUT2D eigenvalue weighted by Crippen LogP contribution is 2.22. The number of rotatable bonds is 3. The molecule has 0 aromatic carbocycles. The molecule has 2 heterocycles. The SMILES string of the molecule is COc1nc(NC2CCNC2)ncc1Br.Cl. The Bertz CT molecular complexity index is 346. The maximum atomic E-state index is 5.10. The Hall–Kier alpha value is -0.590. The first-order chi connectivity index (χ1) is 7.29. The first kappa shape index (κ1) is 13.5. The molecule has 1 aromatic rings. The molecule has 1 unspecified atom stereocenters. The minimum atomic E-state index is 0. The van der Waals surface area contributed by atoms with Crippen molar-refractivity contribution in [2.75, 3.05) is 25.5 Å².